The second-order valence-corrected chi connectivity index (χ2v) is 9.56. The van der Waals surface area contributed by atoms with E-state index >= 15 is 0 Å². The van der Waals surface area contributed by atoms with Crippen LogP contribution in [0.5, 0.6) is 0 Å². The third-order valence-electron chi connectivity index (χ3n) is 5.09. The topological polar surface area (TPSA) is 102 Å². The number of nitrogens with one attached hydrogen (secondary N) is 1. The summed E-state index contributed by atoms with van der Waals surface area (Å²) >= 11 is 6.08. The van der Waals surface area contributed by atoms with Crippen molar-refractivity contribution >= 4 is 39.2 Å². The highest BCUT2D eigenvalue weighted by molar-refractivity contribution is 7.89. The fourth-order valence-corrected chi connectivity index (χ4v) is 4.84. The average Bonchev–Trinajstić information content (AvgIpc) is 3.31. The Balaban J connectivity index is 1.69. The van der Waals surface area contributed by atoms with E-state index in [1.54, 1.807) is 31.3 Å². The molecule has 0 bridgehead atoms. The molecule has 32 heavy (non-hydrogen) atoms. The van der Waals surface area contributed by atoms with E-state index < -0.39 is 28.0 Å². The van der Waals surface area contributed by atoms with Crippen LogP contribution in [0.25, 0.3) is 0 Å². The minimum atomic E-state index is -3.97. The van der Waals surface area contributed by atoms with Crippen molar-refractivity contribution < 1.29 is 27.5 Å². The Morgan fingerprint density at radius 1 is 1.25 bits per heavy atom. The van der Waals surface area contributed by atoms with E-state index in [9.17, 15) is 18.0 Å². The monoisotopic (exact) mass is 480 g/mol. The molecule has 1 aliphatic heterocycles. The smallest absolute Gasteiger partial charge is 0.338 e. The number of halogens is 1. The highest BCUT2D eigenvalue weighted by Gasteiger charge is 2.26. The number of hydrogen-bond acceptors (Lipinski definition) is 6. The molecule has 10 heteroatoms. The maximum Gasteiger partial charge on any atom is 0.338 e. The molecule has 1 fully saturated rings. The Kier molecular flexibility index (Phi) is 7.89. The summed E-state index contributed by atoms with van der Waals surface area (Å²) in [6.45, 7) is 2.17. The Bertz CT molecular complexity index is 1070. The zero-order valence-corrected chi connectivity index (χ0v) is 19.4. The molecule has 0 unspecified atom stereocenters. The van der Waals surface area contributed by atoms with Crippen molar-refractivity contribution in [2.24, 2.45) is 0 Å². The van der Waals surface area contributed by atoms with Gasteiger partial charge in [-0.3, -0.25) is 4.79 Å². The van der Waals surface area contributed by atoms with Gasteiger partial charge in [0.1, 0.15) is 4.90 Å². The molecule has 0 aliphatic carbocycles. The van der Waals surface area contributed by atoms with E-state index in [-0.39, 0.29) is 28.1 Å². The number of sulfonamides is 1. The summed E-state index contributed by atoms with van der Waals surface area (Å²) in [6.07, 6.45) is 0.378. The third-order valence-corrected chi connectivity index (χ3v) is 6.99. The minimum absolute atomic E-state index is 0.0330. The number of carbonyl (C=O) groups excluding carboxylic acids is 2. The molecule has 1 N–H and O–H groups in total. The molecule has 8 nitrogen and oxygen atoms in total. The lowest BCUT2D eigenvalue weighted by atomic mass is 10.2. The molecule has 1 heterocycles. The van der Waals surface area contributed by atoms with Crippen molar-refractivity contribution in [3.8, 4) is 0 Å². The number of nitrogens with zero attached hydrogens (tertiary/aromatic N) is 1. The van der Waals surface area contributed by atoms with Gasteiger partial charge in [0.15, 0.2) is 6.10 Å². The first kappa shape index (κ1) is 24.2. The SMILES string of the molecule is C[C@@H](OC(=O)c1ccc(Cl)c(S(=O)(=O)NC[C@H]2CCCO2)c1)C(=O)N(C)c1ccccc1. The Morgan fingerprint density at radius 2 is 1.97 bits per heavy atom. The molecule has 0 aromatic heterocycles. The first-order chi connectivity index (χ1) is 15.2. The standard InChI is InChI=1S/C22H25ClN2O6S/c1-15(21(26)25(2)17-7-4-3-5-8-17)31-22(27)16-10-11-19(23)20(13-16)32(28,29)24-14-18-9-6-12-30-18/h3-5,7-8,10-11,13,15,18,24H,6,9,12,14H2,1-2H3/t15-,18-/m1/s1. The second-order valence-electron chi connectivity index (χ2n) is 7.41. The van der Waals surface area contributed by atoms with Gasteiger partial charge in [0.25, 0.3) is 5.91 Å². The fourth-order valence-electron chi connectivity index (χ4n) is 3.25. The van der Waals surface area contributed by atoms with Crippen LogP contribution in [-0.2, 0) is 24.3 Å². The van der Waals surface area contributed by atoms with Crippen molar-refractivity contribution in [1.29, 1.82) is 0 Å². The predicted octanol–water partition coefficient (Wildman–Crippen LogP) is 3.01. The Hall–Kier alpha value is -2.46. The van der Waals surface area contributed by atoms with Gasteiger partial charge >= 0.3 is 5.97 Å². The summed E-state index contributed by atoms with van der Waals surface area (Å²) in [6, 6.07) is 12.7. The Morgan fingerprint density at radius 3 is 2.62 bits per heavy atom. The van der Waals surface area contributed by atoms with Gasteiger partial charge < -0.3 is 14.4 Å². The molecular weight excluding hydrogens is 456 g/mol. The molecule has 3 rings (SSSR count). The number of para-hydroxylation sites is 1. The number of likely N-dealkylation sites (N-methyl/N-ethyl adjacent to an activating group) is 1. The number of esters is 1. The molecule has 1 saturated heterocycles. The highest BCUT2D eigenvalue weighted by atomic mass is 35.5. The van der Waals surface area contributed by atoms with Gasteiger partial charge in [-0.2, -0.15) is 0 Å². The van der Waals surface area contributed by atoms with Crippen LogP contribution in [0, 0.1) is 0 Å². The number of anilines is 1. The lowest BCUT2D eigenvalue weighted by Gasteiger charge is -2.21. The van der Waals surface area contributed by atoms with Crippen LogP contribution in [0.2, 0.25) is 5.02 Å². The van der Waals surface area contributed by atoms with Crippen LogP contribution in [0.15, 0.2) is 53.4 Å². The summed E-state index contributed by atoms with van der Waals surface area (Å²) in [5.74, 6) is -1.26. The second kappa shape index (κ2) is 10.4. The lowest BCUT2D eigenvalue weighted by molar-refractivity contribution is -0.126. The van der Waals surface area contributed by atoms with Crippen LogP contribution < -0.4 is 9.62 Å². The van der Waals surface area contributed by atoms with Crippen molar-refractivity contribution in [3.63, 3.8) is 0 Å². The van der Waals surface area contributed by atoms with Gasteiger partial charge in [-0.05, 0) is 50.1 Å². The average molecular weight is 481 g/mol. The molecule has 1 aliphatic rings. The van der Waals surface area contributed by atoms with Crippen LogP contribution in [0.1, 0.15) is 30.1 Å². The number of hydrogen-bond donors (Lipinski definition) is 1. The van der Waals surface area contributed by atoms with Crippen molar-refractivity contribution in [1.82, 2.24) is 4.72 Å². The van der Waals surface area contributed by atoms with E-state index in [4.69, 9.17) is 21.1 Å². The molecule has 0 saturated carbocycles. The number of rotatable bonds is 8. The number of ether oxygens (including phenoxy) is 2. The lowest BCUT2D eigenvalue weighted by Crippen LogP contribution is -2.37. The molecule has 2 aromatic carbocycles. The van der Waals surface area contributed by atoms with E-state index in [0.717, 1.165) is 18.9 Å². The summed E-state index contributed by atoms with van der Waals surface area (Å²) in [5, 5.41) is -0.0330. The normalized spacial score (nSPS) is 17.0. The zero-order valence-electron chi connectivity index (χ0n) is 17.8. The quantitative estimate of drug-likeness (QED) is 0.583. The minimum Gasteiger partial charge on any atom is -0.449 e. The summed E-state index contributed by atoms with van der Waals surface area (Å²) < 4.78 is 38.6. The van der Waals surface area contributed by atoms with Gasteiger partial charge in [-0.15, -0.1) is 0 Å². The number of amides is 1. The van der Waals surface area contributed by atoms with E-state index in [1.807, 2.05) is 6.07 Å². The van der Waals surface area contributed by atoms with Crippen LogP contribution in [0.3, 0.4) is 0 Å². The van der Waals surface area contributed by atoms with Gasteiger partial charge in [-0.25, -0.2) is 17.9 Å². The van der Waals surface area contributed by atoms with Gasteiger partial charge in [0, 0.05) is 25.9 Å². The van der Waals surface area contributed by atoms with Gasteiger partial charge in [0.2, 0.25) is 10.0 Å². The number of benzene rings is 2. The predicted molar refractivity (Wildman–Crippen MR) is 120 cm³/mol. The van der Waals surface area contributed by atoms with Crippen LogP contribution >= 0.6 is 11.6 Å². The van der Waals surface area contributed by atoms with E-state index in [2.05, 4.69) is 4.72 Å². The highest BCUT2D eigenvalue weighted by Crippen LogP contribution is 2.24. The Labute approximate surface area is 192 Å². The van der Waals surface area contributed by atoms with Crippen molar-refractivity contribution in [3.05, 3.63) is 59.1 Å². The molecule has 2 atom stereocenters. The molecular formula is C22H25ClN2O6S. The van der Waals surface area contributed by atoms with Crippen LogP contribution in [0.4, 0.5) is 5.69 Å². The van der Waals surface area contributed by atoms with Gasteiger partial charge in [-0.1, -0.05) is 29.8 Å². The van der Waals surface area contributed by atoms with Crippen LogP contribution in [-0.4, -0.2) is 52.7 Å². The fraction of sp³-hybridized carbons (Fsp3) is 0.364. The molecule has 172 valence electrons. The molecule has 0 radical (unpaired) electrons. The number of carbonyl (C=O) groups is 2. The summed E-state index contributed by atoms with van der Waals surface area (Å²) in [5.41, 5.74) is 0.617. The van der Waals surface area contributed by atoms with Crippen molar-refractivity contribution in [2.75, 3.05) is 25.1 Å². The van der Waals surface area contributed by atoms with Gasteiger partial charge in [0.05, 0.1) is 16.7 Å². The maximum absolute atomic E-state index is 12.7. The first-order valence-corrected chi connectivity index (χ1v) is 12.0. The maximum atomic E-state index is 12.7. The summed E-state index contributed by atoms with van der Waals surface area (Å²) in [4.78, 5) is 26.4. The van der Waals surface area contributed by atoms with E-state index in [1.165, 1.54) is 24.0 Å². The van der Waals surface area contributed by atoms with Crippen molar-refractivity contribution in [2.45, 2.75) is 36.9 Å². The first-order valence-electron chi connectivity index (χ1n) is 10.1. The third kappa shape index (κ3) is 5.86. The largest absolute Gasteiger partial charge is 0.449 e. The molecule has 1 amide bonds. The molecule has 2 aromatic rings. The summed E-state index contributed by atoms with van der Waals surface area (Å²) in [7, 11) is -2.40. The zero-order chi connectivity index (χ0) is 23.3. The van der Waals surface area contributed by atoms with E-state index in [0.29, 0.717) is 12.3 Å². The molecule has 0 spiro atoms.